The lowest BCUT2D eigenvalue weighted by atomic mass is 10.1. The molecule has 0 aliphatic carbocycles. The molecule has 0 bridgehead atoms. The highest BCUT2D eigenvalue weighted by Crippen LogP contribution is 2.33. The molecule has 0 spiro atoms. The number of aryl methyl sites for hydroxylation is 1. The van der Waals surface area contributed by atoms with E-state index in [2.05, 4.69) is 5.32 Å². The van der Waals surface area contributed by atoms with E-state index in [-0.39, 0.29) is 19.1 Å². The maximum atomic E-state index is 12.0. The minimum Gasteiger partial charge on any atom is -0.493 e. The van der Waals surface area contributed by atoms with E-state index in [0.717, 1.165) is 16.7 Å². The Morgan fingerprint density at radius 2 is 1.76 bits per heavy atom. The summed E-state index contributed by atoms with van der Waals surface area (Å²) in [4.78, 5) is 12.0. The fourth-order valence-electron chi connectivity index (χ4n) is 2.30. The number of halogens is 1. The second-order valence-electron chi connectivity index (χ2n) is 5.56. The SMILES string of the molecule is COc1cc(Cl)c(CNC(=O)COc2cccc(C)c2C)cc1OC. The van der Waals surface area contributed by atoms with Crippen molar-refractivity contribution in [3.63, 3.8) is 0 Å². The van der Waals surface area contributed by atoms with Crippen molar-refractivity contribution in [3.8, 4) is 17.2 Å². The molecule has 0 saturated heterocycles. The molecule has 5 nitrogen and oxygen atoms in total. The van der Waals surface area contributed by atoms with E-state index in [0.29, 0.717) is 22.3 Å². The summed E-state index contributed by atoms with van der Waals surface area (Å²) in [7, 11) is 3.09. The van der Waals surface area contributed by atoms with Crippen LogP contribution >= 0.6 is 11.6 Å². The molecule has 0 saturated carbocycles. The summed E-state index contributed by atoms with van der Waals surface area (Å²) in [5, 5.41) is 3.28. The number of hydrogen-bond donors (Lipinski definition) is 1. The van der Waals surface area contributed by atoms with E-state index in [1.54, 1.807) is 26.4 Å². The third-order valence-corrected chi connectivity index (χ3v) is 4.29. The Hall–Kier alpha value is -2.40. The van der Waals surface area contributed by atoms with Crippen molar-refractivity contribution < 1.29 is 19.0 Å². The van der Waals surface area contributed by atoms with Crippen molar-refractivity contribution in [3.05, 3.63) is 52.0 Å². The van der Waals surface area contributed by atoms with Crippen LogP contribution in [-0.4, -0.2) is 26.7 Å². The summed E-state index contributed by atoms with van der Waals surface area (Å²) in [5.74, 6) is 1.58. The molecular formula is C19H22ClNO4. The second kappa shape index (κ2) is 8.62. The molecule has 2 aromatic rings. The molecule has 0 radical (unpaired) electrons. The van der Waals surface area contributed by atoms with Crippen molar-refractivity contribution in [2.75, 3.05) is 20.8 Å². The maximum Gasteiger partial charge on any atom is 0.258 e. The number of hydrogen-bond acceptors (Lipinski definition) is 4. The van der Waals surface area contributed by atoms with Crippen molar-refractivity contribution in [1.82, 2.24) is 5.32 Å². The van der Waals surface area contributed by atoms with Crippen LogP contribution in [0, 0.1) is 13.8 Å². The Balaban J connectivity index is 1.95. The summed E-state index contributed by atoms with van der Waals surface area (Å²) in [6, 6.07) is 9.16. The van der Waals surface area contributed by atoms with Crippen molar-refractivity contribution >= 4 is 17.5 Å². The Kier molecular flexibility index (Phi) is 6.53. The van der Waals surface area contributed by atoms with Crippen LogP contribution in [0.5, 0.6) is 17.2 Å². The zero-order valence-corrected chi connectivity index (χ0v) is 15.6. The summed E-state index contributed by atoms with van der Waals surface area (Å²) >= 11 is 6.21. The monoisotopic (exact) mass is 363 g/mol. The number of nitrogens with one attached hydrogen (secondary N) is 1. The number of methoxy groups -OCH3 is 2. The molecule has 0 unspecified atom stereocenters. The third-order valence-electron chi connectivity index (χ3n) is 3.94. The summed E-state index contributed by atoms with van der Waals surface area (Å²) in [6.07, 6.45) is 0. The molecule has 1 N–H and O–H groups in total. The zero-order valence-electron chi connectivity index (χ0n) is 14.8. The van der Waals surface area contributed by atoms with Gasteiger partial charge in [-0.05, 0) is 42.7 Å². The largest absolute Gasteiger partial charge is 0.493 e. The fraction of sp³-hybridized carbons (Fsp3) is 0.316. The quantitative estimate of drug-likeness (QED) is 0.815. The first-order chi connectivity index (χ1) is 12.0. The lowest BCUT2D eigenvalue weighted by Crippen LogP contribution is -2.28. The first kappa shape index (κ1) is 18.9. The van der Waals surface area contributed by atoms with E-state index < -0.39 is 0 Å². The van der Waals surface area contributed by atoms with E-state index in [1.807, 2.05) is 32.0 Å². The van der Waals surface area contributed by atoms with E-state index >= 15 is 0 Å². The van der Waals surface area contributed by atoms with Crippen molar-refractivity contribution in [2.45, 2.75) is 20.4 Å². The van der Waals surface area contributed by atoms with Crippen LogP contribution in [0.4, 0.5) is 0 Å². The van der Waals surface area contributed by atoms with Crippen LogP contribution in [0.3, 0.4) is 0 Å². The highest BCUT2D eigenvalue weighted by Gasteiger charge is 2.11. The van der Waals surface area contributed by atoms with E-state index in [4.69, 9.17) is 25.8 Å². The van der Waals surface area contributed by atoms with Gasteiger partial charge in [0, 0.05) is 17.6 Å². The molecular weight excluding hydrogens is 342 g/mol. The van der Waals surface area contributed by atoms with Gasteiger partial charge in [0.15, 0.2) is 18.1 Å². The molecule has 0 aromatic heterocycles. The molecule has 0 fully saturated rings. The predicted octanol–water partition coefficient (Wildman–Crippen LogP) is 3.67. The number of amides is 1. The van der Waals surface area contributed by atoms with E-state index in [1.165, 1.54) is 0 Å². The lowest BCUT2D eigenvalue weighted by molar-refractivity contribution is -0.123. The molecule has 6 heteroatoms. The second-order valence-corrected chi connectivity index (χ2v) is 5.97. The third kappa shape index (κ3) is 4.79. The Morgan fingerprint density at radius 1 is 1.08 bits per heavy atom. The van der Waals surface area contributed by atoms with Gasteiger partial charge in [-0.1, -0.05) is 23.7 Å². The van der Waals surface area contributed by atoms with Gasteiger partial charge >= 0.3 is 0 Å². The highest BCUT2D eigenvalue weighted by molar-refractivity contribution is 6.31. The summed E-state index contributed by atoms with van der Waals surface area (Å²) in [6.45, 7) is 4.18. The van der Waals surface area contributed by atoms with Gasteiger partial charge in [-0.3, -0.25) is 4.79 Å². The fourth-order valence-corrected chi connectivity index (χ4v) is 2.52. The molecule has 25 heavy (non-hydrogen) atoms. The van der Waals surface area contributed by atoms with E-state index in [9.17, 15) is 4.79 Å². The summed E-state index contributed by atoms with van der Waals surface area (Å²) in [5.41, 5.74) is 2.88. The van der Waals surface area contributed by atoms with Gasteiger partial charge in [0.25, 0.3) is 5.91 Å². The minimum absolute atomic E-state index is 0.0603. The van der Waals surface area contributed by atoms with Gasteiger partial charge in [-0.25, -0.2) is 0 Å². The lowest BCUT2D eigenvalue weighted by Gasteiger charge is -2.13. The smallest absolute Gasteiger partial charge is 0.258 e. The predicted molar refractivity (Wildman–Crippen MR) is 97.8 cm³/mol. The van der Waals surface area contributed by atoms with Gasteiger partial charge in [0.2, 0.25) is 0 Å². The first-order valence-electron chi connectivity index (χ1n) is 7.82. The number of ether oxygens (including phenoxy) is 3. The molecule has 1 amide bonds. The van der Waals surface area contributed by atoms with Crippen LogP contribution in [0.25, 0.3) is 0 Å². The Bertz CT molecular complexity index is 761. The minimum atomic E-state index is -0.230. The molecule has 0 atom stereocenters. The number of benzene rings is 2. The first-order valence-corrected chi connectivity index (χ1v) is 8.20. The standard InChI is InChI=1S/C19H22ClNO4/c1-12-6-5-7-16(13(12)2)25-11-19(22)21-10-14-8-17(23-3)18(24-4)9-15(14)20/h5-9H,10-11H2,1-4H3,(H,21,22). The van der Waals surface area contributed by atoms with Crippen molar-refractivity contribution in [1.29, 1.82) is 0 Å². The van der Waals surface area contributed by atoms with Crippen molar-refractivity contribution in [2.24, 2.45) is 0 Å². The van der Waals surface area contributed by atoms with Gasteiger partial charge in [-0.2, -0.15) is 0 Å². The average Bonchev–Trinajstić information content (AvgIpc) is 2.61. The zero-order chi connectivity index (χ0) is 18.4. The van der Waals surface area contributed by atoms with Crippen LogP contribution in [0.1, 0.15) is 16.7 Å². The molecule has 0 aliphatic rings. The molecule has 134 valence electrons. The maximum absolute atomic E-state index is 12.0. The van der Waals surface area contributed by atoms with Gasteiger partial charge < -0.3 is 19.5 Å². The Morgan fingerprint density at radius 3 is 2.44 bits per heavy atom. The van der Waals surface area contributed by atoms with Gasteiger partial charge in [0.05, 0.1) is 14.2 Å². The molecule has 0 heterocycles. The van der Waals surface area contributed by atoms with Crippen LogP contribution in [0.15, 0.2) is 30.3 Å². The van der Waals surface area contributed by atoms with Gasteiger partial charge in [-0.15, -0.1) is 0 Å². The van der Waals surface area contributed by atoms with Crippen LogP contribution < -0.4 is 19.5 Å². The van der Waals surface area contributed by atoms with Crippen LogP contribution in [0.2, 0.25) is 5.02 Å². The molecule has 0 aliphatic heterocycles. The Labute approximate surface area is 152 Å². The highest BCUT2D eigenvalue weighted by atomic mass is 35.5. The number of carbonyl (C=O) groups is 1. The van der Waals surface area contributed by atoms with Crippen LogP contribution in [-0.2, 0) is 11.3 Å². The number of rotatable bonds is 7. The molecule has 2 rings (SSSR count). The summed E-state index contributed by atoms with van der Waals surface area (Å²) < 4.78 is 16.0. The normalized spacial score (nSPS) is 10.3. The molecule has 2 aromatic carbocycles. The van der Waals surface area contributed by atoms with Gasteiger partial charge in [0.1, 0.15) is 5.75 Å². The topological polar surface area (TPSA) is 56.8 Å². The average molecular weight is 364 g/mol. The number of carbonyl (C=O) groups excluding carboxylic acids is 1.